The minimum absolute atomic E-state index is 0.0833. The molecule has 0 bridgehead atoms. The highest BCUT2D eigenvalue weighted by atomic mass is 79.9. The normalized spacial score (nSPS) is 26.4. The average Bonchev–Trinajstić information content (AvgIpc) is 2.45. The second kappa shape index (κ2) is 5.14. The molecule has 1 aliphatic rings. The van der Waals surface area contributed by atoms with E-state index in [9.17, 15) is 5.11 Å². The van der Waals surface area contributed by atoms with Gasteiger partial charge in [0.2, 0.25) is 0 Å². The maximum atomic E-state index is 10.7. The molecule has 19 heavy (non-hydrogen) atoms. The summed E-state index contributed by atoms with van der Waals surface area (Å²) in [6.07, 6.45) is 0.322. The van der Waals surface area contributed by atoms with Crippen LogP contribution in [0.5, 0.6) is 0 Å². The van der Waals surface area contributed by atoms with E-state index in [1.807, 2.05) is 18.2 Å². The van der Waals surface area contributed by atoms with E-state index in [1.54, 1.807) is 0 Å². The van der Waals surface area contributed by atoms with Gasteiger partial charge in [-0.15, -0.1) is 0 Å². The van der Waals surface area contributed by atoms with E-state index in [0.29, 0.717) is 0 Å². The van der Waals surface area contributed by atoms with Crippen LogP contribution in [0, 0.1) is 5.92 Å². The number of benzene rings is 1. The standard InChI is InChI=1S/C15H20Br2O2/c1-14(2)8-11(15(3,4)19-14)13(18)10-6-5-9(16)7-12(10)17/h5-7,11,13,18H,8H2,1-4H3. The Morgan fingerprint density at radius 2 is 1.89 bits per heavy atom. The maximum Gasteiger partial charge on any atom is 0.0857 e. The summed E-state index contributed by atoms with van der Waals surface area (Å²) in [6.45, 7) is 8.28. The van der Waals surface area contributed by atoms with Gasteiger partial charge in [-0.3, -0.25) is 0 Å². The zero-order chi connectivity index (χ0) is 14.4. The zero-order valence-corrected chi connectivity index (χ0v) is 14.9. The van der Waals surface area contributed by atoms with E-state index in [2.05, 4.69) is 59.6 Å². The van der Waals surface area contributed by atoms with E-state index >= 15 is 0 Å². The Kier molecular flexibility index (Phi) is 4.19. The zero-order valence-electron chi connectivity index (χ0n) is 11.7. The number of aliphatic hydroxyl groups is 1. The molecule has 2 nitrogen and oxygen atoms in total. The first-order valence-electron chi connectivity index (χ1n) is 6.45. The first-order valence-corrected chi connectivity index (χ1v) is 8.04. The van der Waals surface area contributed by atoms with Crippen molar-refractivity contribution in [2.24, 2.45) is 5.92 Å². The van der Waals surface area contributed by atoms with Gasteiger partial charge in [-0.2, -0.15) is 0 Å². The summed E-state index contributed by atoms with van der Waals surface area (Å²) in [5.41, 5.74) is 0.412. The van der Waals surface area contributed by atoms with Crippen molar-refractivity contribution >= 4 is 31.9 Å². The fourth-order valence-corrected chi connectivity index (χ4v) is 4.34. The van der Waals surface area contributed by atoms with E-state index in [1.165, 1.54) is 0 Å². The summed E-state index contributed by atoms with van der Waals surface area (Å²) in [5, 5.41) is 10.7. The van der Waals surface area contributed by atoms with Crippen molar-refractivity contribution in [3.8, 4) is 0 Å². The van der Waals surface area contributed by atoms with Crippen LogP contribution in [0.4, 0.5) is 0 Å². The van der Waals surface area contributed by atoms with Crippen molar-refractivity contribution in [3.63, 3.8) is 0 Å². The highest BCUT2D eigenvalue weighted by Crippen LogP contribution is 2.48. The average molecular weight is 392 g/mol. The second-order valence-electron chi connectivity index (χ2n) is 6.39. The first kappa shape index (κ1) is 15.5. The summed E-state index contributed by atoms with van der Waals surface area (Å²) in [7, 11) is 0. The monoisotopic (exact) mass is 390 g/mol. The fourth-order valence-electron chi connectivity index (χ4n) is 3.05. The van der Waals surface area contributed by atoms with Crippen molar-refractivity contribution in [3.05, 3.63) is 32.7 Å². The number of halogens is 2. The van der Waals surface area contributed by atoms with Crippen molar-refractivity contribution in [2.75, 3.05) is 0 Å². The smallest absolute Gasteiger partial charge is 0.0857 e. The molecule has 1 aromatic rings. The Bertz CT molecular complexity index is 483. The number of rotatable bonds is 2. The molecule has 1 N–H and O–H groups in total. The molecule has 4 heteroatoms. The minimum atomic E-state index is -0.528. The van der Waals surface area contributed by atoms with E-state index in [4.69, 9.17) is 4.74 Å². The van der Waals surface area contributed by atoms with Crippen LogP contribution in [0.3, 0.4) is 0 Å². The molecule has 2 atom stereocenters. The van der Waals surface area contributed by atoms with Crippen LogP contribution in [0.1, 0.15) is 45.8 Å². The van der Waals surface area contributed by atoms with Crippen LogP contribution in [0.2, 0.25) is 0 Å². The quantitative estimate of drug-likeness (QED) is 0.781. The summed E-state index contributed by atoms with van der Waals surface area (Å²) in [5.74, 6) is 0.0833. The molecular weight excluding hydrogens is 372 g/mol. The summed E-state index contributed by atoms with van der Waals surface area (Å²) in [4.78, 5) is 0. The van der Waals surface area contributed by atoms with Gasteiger partial charge in [0.05, 0.1) is 17.3 Å². The molecule has 1 aliphatic heterocycles. The Balaban J connectivity index is 2.31. The molecule has 0 amide bonds. The molecule has 1 saturated heterocycles. The third kappa shape index (κ3) is 3.23. The van der Waals surface area contributed by atoms with Crippen LogP contribution in [0.25, 0.3) is 0 Å². The SMILES string of the molecule is CC1(C)CC(C(O)c2ccc(Br)cc2Br)C(C)(C)O1. The van der Waals surface area contributed by atoms with Crippen LogP contribution < -0.4 is 0 Å². The lowest BCUT2D eigenvalue weighted by atomic mass is 9.80. The van der Waals surface area contributed by atoms with Crippen LogP contribution in [-0.4, -0.2) is 16.3 Å². The molecule has 0 aromatic heterocycles. The first-order chi connectivity index (χ1) is 8.62. The van der Waals surface area contributed by atoms with Gasteiger partial charge in [-0.25, -0.2) is 0 Å². The summed E-state index contributed by atoms with van der Waals surface area (Å²) >= 11 is 6.96. The molecule has 2 rings (SSSR count). The lowest BCUT2D eigenvalue weighted by molar-refractivity contribution is -0.0880. The Morgan fingerprint density at radius 1 is 1.26 bits per heavy atom. The van der Waals surface area contributed by atoms with Crippen LogP contribution in [0.15, 0.2) is 27.1 Å². The molecule has 0 saturated carbocycles. The van der Waals surface area contributed by atoms with Crippen molar-refractivity contribution < 1.29 is 9.84 Å². The van der Waals surface area contributed by atoms with Gasteiger partial charge in [-0.05, 0) is 51.8 Å². The predicted molar refractivity (Wildman–Crippen MR) is 84.2 cm³/mol. The second-order valence-corrected chi connectivity index (χ2v) is 8.16. The van der Waals surface area contributed by atoms with Crippen LogP contribution in [-0.2, 0) is 4.74 Å². The van der Waals surface area contributed by atoms with Crippen molar-refractivity contribution in [2.45, 2.75) is 51.4 Å². The van der Waals surface area contributed by atoms with Crippen LogP contribution >= 0.6 is 31.9 Å². The summed E-state index contributed by atoms with van der Waals surface area (Å²) < 4.78 is 7.99. The van der Waals surface area contributed by atoms with Gasteiger partial charge in [0, 0.05) is 14.9 Å². The Morgan fingerprint density at radius 3 is 2.37 bits per heavy atom. The highest BCUT2D eigenvalue weighted by Gasteiger charge is 2.49. The van der Waals surface area contributed by atoms with Gasteiger partial charge in [-0.1, -0.05) is 37.9 Å². The highest BCUT2D eigenvalue weighted by molar-refractivity contribution is 9.11. The van der Waals surface area contributed by atoms with Gasteiger partial charge < -0.3 is 9.84 Å². The molecule has 1 heterocycles. The minimum Gasteiger partial charge on any atom is -0.388 e. The van der Waals surface area contributed by atoms with E-state index in [-0.39, 0.29) is 17.1 Å². The maximum absolute atomic E-state index is 10.7. The number of hydrogen-bond donors (Lipinski definition) is 1. The lowest BCUT2D eigenvalue weighted by Gasteiger charge is -2.30. The number of hydrogen-bond acceptors (Lipinski definition) is 2. The predicted octanol–water partition coefficient (Wildman–Crippen LogP) is 4.84. The van der Waals surface area contributed by atoms with Gasteiger partial charge in [0.1, 0.15) is 0 Å². The van der Waals surface area contributed by atoms with Crippen molar-refractivity contribution in [1.29, 1.82) is 0 Å². The topological polar surface area (TPSA) is 29.5 Å². The van der Waals surface area contributed by atoms with E-state index < -0.39 is 6.10 Å². The molecule has 0 aliphatic carbocycles. The fraction of sp³-hybridized carbons (Fsp3) is 0.600. The van der Waals surface area contributed by atoms with E-state index in [0.717, 1.165) is 20.9 Å². The number of ether oxygens (including phenoxy) is 1. The largest absolute Gasteiger partial charge is 0.388 e. The Labute approximate surface area is 131 Å². The molecular formula is C15H20Br2O2. The molecule has 0 spiro atoms. The Hall–Kier alpha value is 0.1000. The molecule has 1 aromatic carbocycles. The molecule has 0 radical (unpaired) electrons. The van der Waals surface area contributed by atoms with Gasteiger partial charge in [0.25, 0.3) is 0 Å². The number of aliphatic hydroxyl groups excluding tert-OH is 1. The molecule has 2 unspecified atom stereocenters. The molecule has 106 valence electrons. The van der Waals surface area contributed by atoms with Gasteiger partial charge >= 0.3 is 0 Å². The summed E-state index contributed by atoms with van der Waals surface area (Å²) in [6, 6.07) is 5.88. The lowest BCUT2D eigenvalue weighted by Crippen LogP contribution is -2.32. The third-order valence-corrected chi connectivity index (χ3v) is 4.99. The van der Waals surface area contributed by atoms with Crippen molar-refractivity contribution in [1.82, 2.24) is 0 Å². The molecule has 1 fully saturated rings. The third-order valence-electron chi connectivity index (χ3n) is 3.81. The van der Waals surface area contributed by atoms with Gasteiger partial charge in [0.15, 0.2) is 0 Å².